The van der Waals surface area contributed by atoms with Crippen LogP contribution in [0.25, 0.3) is 0 Å². The van der Waals surface area contributed by atoms with Crippen molar-refractivity contribution in [3.63, 3.8) is 0 Å². The number of hydrogen-bond acceptors (Lipinski definition) is 6. The molecule has 4 atom stereocenters. The van der Waals surface area contributed by atoms with Gasteiger partial charge in [-0.25, -0.2) is 0 Å². The lowest BCUT2D eigenvalue weighted by atomic mass is 9.75. The second kappa shape index (κ2) is 7.15. The highest BCUT2D eigenvalue weighted by Crippen LogP contribution is 2.64. The van der Waals surface area contributed by atoms with Crippen LogP contribution < -0.4 is 4.74 Å². The van der Waals surface area contributed by atoms with Crippen LogP contribution in [0.5, 0.6) is 5.75 Å². The molecule has 2 aliphatic rings. The molecule has 2 aromatic carbocycles. The molecule has 3 aromatic rings. The summed E-state index contributed by atoms with van der Waals surface area (Å²) in [6.45, 7) is 1.93. The molecule has 2 bridgehead atoms. The van der Waals surface area contributed by atoms with E-state index < -0.39 is 34.8 Å². The van der Waals surface area contributed by atoms with E-state index in [1.165, 1.54) is 19.4 Å². The van der Waals surface area contributed by atoms with Crippen LogP contribution in [0.4, 0.5) is 0 Å². The number of esters is 1. The summed E-state index contributed by atoms with van der Waals surface area (Å²) in [4.78, 5) is 31.5. The van der Waals surface area contributed by atoms with Gasteiger partial charge in [-0.05, 0) is 12.5 Å². The summed E-state index contributed by atoms with van der Waals surface area (Å²) >= 11 is 6.17. The lowest BCUT2D eigenvalue weighted by Crippen LogP contribution is -2.51. The van der Waals surface area contributed by atoms with E-state index >= 15 is 0 Å². The van der Waals surface area contributed by atoms with Gasteiger partial charge >= 0.3 is 5.97 Å². The van der Waals surface area contributed by atoms with Crippen LogP contribution in [0, 0.1) is 12.8 Å². The van der Waals surface area contributed by atoms with E-state index in [1.807, 2.05) is 49.4 Å². The Balaban J connectivity index is 1.89. The summed E-state index contributed by atoms with van der Waals surface area (Å²) in [5.41, 5.74) is -1.79. The summed E-state index contributed by atoms with van der Waals surface area (Å²) in [6, 6.07) is 17.9. The van der Waals surface area contributed by atoms with E-state index in [9.17, 15) is 14.7 Å². The van der Waals surface area contributed by atoms with Gasteiger partial charge in [0.15, 0.2) is 5.60 Å². The fraction of sp³-hybridized carbons (Fsp3) is 0.240. The number of benzene rings is 2. The van der Waals surface area contributed by atoms with Crippen molar-refractivity contribution in [2.24, 2.45) is 5.92 Å². The van der Waals surface area contributed by atoms with E-state index in [-0.39, 0.29) is 16.5 Å². The fourth-order valence-electron chi connectivity index (χ4n) is 5.06. The molecule has 0 saturated heterocycles. The quantitative estimate of drug-likeness (QED) is 0.614. The van der Waals surface area contributed by atoms with Gasteiger partial charge in [0.25, 0.3) is 0 Å². The number of pyridine rings is 1. The van der Waals surface area contributed by atoms with Crippen LogP contribution >= 0.6 is 11.6 Å². The molecule has 32 heavy (non-hydrogen) atoms. The summed E-state index contributed by atoms with van der Waals surface area (Å²) in [6.07, 6.45) is 1.32. The number of halogens is 1. The van der Waals surface area contributed by atoms with Gasteiger partial charge in [-0.2, -0.15) is 0 Å². The third-order valence-electron chi connectivity index (χ3n) is 6.45. The molecule has 1 fully saturated rings. The van der Waals surface area contributed by atoms with Crippen LogP contribution in [0.15, 0.2) is 66.9 Å². The van der Waals surface area contributed by atoms with Crippen molar-refractivity contribution in [1.82, 2.24) is 4.98 Å². The van der Waals surface area contributed by atoms with Gasteiger partial charge in [-0.15, -0.1) is 0 Å². The molecule has 1 saturated carbocycles. The number of hydrogen-bond donors (Lipinski definition) is 1. The van der Waals surface area contributed by atoms with Crippen LogP contribution in [0.1, 0.15) is 28.3 Å². The number of rotatable bonds is 3. The zero-order valence-electron chi connectivity index (χ0n) is 17.4. The smallest absolute Gasteiger partial charge is 0.313 e. The number of ketones is 1. The number of aryl methyl sites for hydroxylation is 1. The number of carbonyl (C=O) groups is 2. The monoisotopic (exact) mass is 449 g/mol. The molecule has 1 unspecified atom stereocenters. The number of Topliss-reactive ketones (excluding diaryl/α,β-unsaturated/α-hetero) is 1. The predicted octanol–water partition coefficient (Wildman–Crippen LogP) is 3.67. The first-order valence-corrected chi connectivity index (χ1v) is 10.5. The van der Waals surface area contributed by atoms with Crippen LogP contribution in [0.3, 0.4) is 0 Å². The number of ether oxygens (including phenoxy) is 2. The van der Waals surface area contributed by atoms with Gasteiger partial charge in [0, 0.05) is 17.8 Å². The Bertz CT molecular complexity index is 1230. The first-order chi connectivity index (χ1) is 15.3. The van der Waals surface area contributed by atoms with Gasteiger partial charge in [-0.1, -0.05) is 71.8 Å². The summed E-state index contributed by atoms with van der Waals surface area (Å²) in [5, 5.41) is 12.3. The lowest BCUT2D eigenvalue weighted by Gasteiger charge is -2.38. The van der Waals surface area contributed by atoms with Crippen molar-refractivity contribution in [3.05, 3.63) is 94.3 Å². The number of aliphatic hydroxyl groups is 1. The second-order valence-corrected chi connectivity index (χ2v) is 8.63. The number of fused-ring (bicyclic) bond motifs is 4. The molecule has 0 spiro atoms. The van der Waals surface area contributed by atoms with E-state index in [0.29, 0.717) is 11.1 Å². The molecule has 2 heterocycles. The Labute approximate surface area is 189 Å². The minimum atomic E-state index is -2.25. The van der Waals surface area contributed by atoms with Crippen LogP contribution in [-0.2, 0) is 25.5 Å². The number of carbonyl (C=O) groups excluding carboxylic acids is 2. The predicted molar refractivity (Wildman–Crippen MR) is 116 cm³/mol. The Hall–Kier alpha value is -3.22. The summed E-state index contributed by atoms with van der Waals surface area (Å²) in [7, 11) is 1.23. The molecule has 1 N–H and O–H groups in total. The highest BCUT2D eigenvalue weighted by molar-refractivity contribution is 6.30. The standard InChI is InChI=1S/C25H20ClNO5/c1-14-8-10-16(11-9-14)25-19(15-6-4-3-5-7-15)20(22(28)31-2)24(30,23(25)29)21-18(32-25)12-17(26)13-27-21/h3-13,19-20,30H,1-2H3/t19?,20-,24+,25+/m0/s1. The Morgan fingerprint density at radius 2 is 1.84 bits per heavy atom. The third kappa shape index (κ3) is 2.60. The van der Waals surface area contributed by atoms with Gasteiger partial charge in [0.1, 0.15) is 17.4 Å². The first-order valence-electron chi connectivity index (χ1n) is 10.2. The minimum Gasteiger partial charge on any atom is -0.472 e. The number of aromatic nitrogens is 1. The van der Waals surface area contributed by atoms with Crippen molar-refractivity contribution in [3.8, 4) is 5.75 Å². The maximum atomic E-state index is 14.1. The van der Waals surface area contributed by atoms with E-state index in [0.717, 1.165) is 5.56 Å². The largest absolute Gasteiger partial charge is 0.472 e. The number of methoxy groups -OCH3 is 1. The maximum absolute atomic E-state index is 14.1. The molecule has 6 nitrogen and oxygen atoms in total. The van der Waals surface area contributed by atoms with E-state index in [4.69, 9.17) is 21.1 Å². The summed E-state index contributed by atoms with van der Waals surface area (Å²) < 4.78 is 11.5. The second-order valence-electron chi connectivity index (χ2n) is 8.19. The molecule has 0 radical (unpaired) electrons. The average molecular weight is 450 g/mol. The van der Waals surface area contributed by atoms with Gasteiger partial charge in [0.2, 0.25) is 11.4 Å². The Morgan fingerprint density at radius 1 is 1.16 bits per heavy atom. The fourth-order valence-corrected chi connectivity index (χ4v) is 5.20. The van der Waals surface area contributed by atoms with E-state index in [2.05, 4.69) is 4.98 Å². The van der Waals surface area contributed by atoms with Gasteiger partial charge in [-0.3, -0.25) is 14.6 Å². The zero-order chi connectivity index (χ0) is 22.7. The third-order valence-corrected chi connectivity index (χ3v) is 6.66. The minimum absolute atomic E-state index is 0.0385. The van der Waals surface area contributed by atoms with Crippen molar-refractivity contribution in [1.29, 1.82) is 0 Å². The molecule has 162 valence electrons. The van der Waals surface area contributed by atoms with E-state index in [1.54, 1.807) is 12.1 Å². The molecule has 1 aromatic heterocycles. The molecule has 1 aliphatic carbocycles. The number of nitrogens with zero attached hydrogens (tertiary/aromatic N) is 1. The first kappa shape index (κ1) is 20.7. The molecular formula is C25H20ClNO5. The average Bonchev–Trinajstić information content (AvgIpc) is 2.93. The summed E-state index contributed by atoms with van der Waals surface area (Å²) in [5.74, 6) is -3.37. The molecule has 7 heteroatoms. The molecule has 0 amide bonds. The van der Waals surface area contributed by atoms with Gasteiger partial charge < -0.3 is 14.6 Å². The van der Waals surface area contributed by atoms with Gasteiger partial charge in [0.05, 0.1) is 18.1 Å². The normalized spacial score (nSPS) is 28.1. The highest BCUT2D eigenvalue weighted by Gasteiger charge is 2.77. The maximum Gasteiger partial charge on any atom is 0.313 e. The zero-order valence-corrected chi connectivity index (χ0v) is 18.2. The molecule has 5 rings (SSSR count). The molecule has 1 aliphatic heterocycles. The van der Waals surface area contributed by atoms with Crippen LogP contribution in [0.2, 0.25) is 5.02 Å². The Morgan fingerprint density at radius 3 is 2.50 bits per heavy atom. The molecular weight excluding hydrogens is 430 g/mol. The van der Waals surface area contributed by atoms with Crippen molar-refractivity contribution >= 4 is 23.4 Å². The Kier molecular flexibility index (Phi) is 4.62. The van der Waals surface area contributed by atoms with Crippen molar-refractivity contribution < 1.29 is 24.2 Å². The van der Waals surface area contributed by atoms with Crippen molar-refractivity contribution in [2.75, 3.05) is 7.11 Å². The van der Waals surface area contributed by atoms with Crippen molar-refractivity contribution in [2.45, 2.75) is 24.0 Å². The lowest BCUT2D eigenvalue weighted by molar-refractivity contribution is -0.163. The van der Waals surface area contributed by atoms with Crippen LogP contribution in [-0.4, -0.2) is 29.0 Å². The SMILES string of the molecule is COC(=O)[C@@H]1C(c2ccccc2)[C@@]2(c3ccc(C)cc3)Oc3cc(Cl)cnc3[C@@]1(O)C2=O. The highest BCUT2D eigenvalue weighted by atomic mass is 35.5. The topological polar surface area (TPSA) is 85.7 Å².